The minimum Gasteiger partial charge on any atom is -0.454 e. The summed E-state index contributed by atoms with van der Waals surface area (Å²) in [6.45, 7) is 0.230. The van der Waals surface area contributed by atoms with Gasteiger partial charge in [-0.2, -0.15) is 5.10 Å². The van der Waals surface area contributed by atoms with Crippen LogP contribution in [0.3, 0.4) is 0 Å². The molecule has 0 saturated carbocycles. The number of ether oxygens (including phenoxy) is 2. The van der Waals surface area contributed by atoms with Crippen molar-refractivity contribution >= 4 is 22.9 Å². The molecule has 28 heavy (non-hydrogen) atoms. The molecule has 2 aromatic carbocycles. The Kier molecular flexibility index (Phi) is 2.96. The van der Waals surface area contributed by atoms with Gasteiger partial charge in [-0.05, 0) is 30.3 Å². The first-order valence-corrected chi connectivity index (χ1v) is 8.78. The Bertz CT molecular complexity index is 1260. The SMILES string of the molecule is NC1=NC(c2cn[nH]c2-c2ccc3c(c2)OCO3)n2c(nc3ccccc32)N1. The molecule has 4 N–H and O–H groups in total. The van der Waals surface area contributed by atoms with Gasteiger partial charge in [-0.15, -0.1) is 0 Å². The van der Waals surface area contributed by atoms with E-state index in [1.54, 1.807) is 6.20 Å². The van der Waals surface area contributed by atoms with E-state index in [4.69, 9.17) is 15.2 Å². The van der Waals surface area contributed by atoms with Crippen LogP contribution in [0.1, 0.15) is 11.7 Å². The first-order chi connectivity index (χ1) is 13.8. The van der Waals surface area contributed by atoms with E-state index < -0.39 is 6.17 Å². The van der Waals surface area contributed by atoms with Crippen LogP contribution >= 0.6 is 0 Å². The molecule has 1 unspecified atom stereocenters. The zero-order valence-corrected chi connectivity index (χ0v) is 14.6. The first-order valence-electron chi connectivity index (χ1n) is 8.78. The van der Waals surface area contributed by atoms with Crippen molar-refractivity contribution in [2.75, 3.05) is 12.1 Å². The van der Waals surface area contributed by atoms with Crippen molar-refractivity contribution in [3.05, 3.63) is 54.2 Å². The molecule has 2 aliphatic heterocycles. The molecule has 9 heteroatoms. The van der Waals surface area contributed by atoms with Crippen molar-refractivity contribution < 1.29 is 9.47 Å². The Labute approximate surface area is 158 Å². The lowest BCUT2D eigenvalue weighted by Crippen LogP contribution is -2.31. The van der Waals surface area contributed by atoms with E-state index in [0.29, 0.717) is 17.7 Å². The number of para-hydroxylation sites is 2. The van der Waals surface area contributed by atoms with Crippen molar-refractivity contribution in [2.24, 2.45) is 10.7 Å². The molecule has 4 aromatic rings. The van der Waals surface area contributed by atoms with Crippen molar-refractivity contribution in [3.8, 4) is 22.8 Å². The number of benzene rings is 2. The molecule has 4 heterocycles. The average Bonchev–Trinajstić information content (AvgIpc) is 3.43. The Morgan fingerprint density at radius 2 is 2.00 bits per heavy atom. The van der Waals surface area contributed by atoms with Crippen LogP contribution in [0.5, 0.6) is 11.5 Å². The molecule has 6 rings (SSSR count). The summed E-state index contributed by atoms with van der Waals surface area (Å²) < 4.78 is 12.9. The molecule has 2 aliphatic rings. The van der Waals surface area contributed by atoms with Gasteiger partial charge in [0.1, 0.15) is 0 Å². The quantitative estimate of drug-likeness (QED) is 0.497. The van der Waals surface area contributed by atoms with Crippen LogP contribution in [0.2, 0.25) is 0 Å². The lowest BCUT2D eigenvalue weighted by molar-refractivity contribution is 0.174. The summed E-state index contributed by atoms with van der Waals surface area (Å²) in [5.41, 5.74) is 10.5. The van der Waals surface area contributed by atoms with Crippen LogP contribution in [0, 0.1) is 0 Å². The summed E-state index contributed by atoms with van der Waals surface area (Å²) in [5.74, 6) is 2.40. The molecule has 0 saturated heterocycles. The Morgan fingerprint density at radius 3 is 2.96 bits per heavy atom. The van der Waals surface area contributed by atoms with E-state index in [1.807, 2.05) is 47.0 Å². The van der Waals surface area contributed by atoms with E-state index in [2.05, 4.69) is 25.5 Å². The van der Waals surface area contributed by atoms with Crippen LogP contribution < -0.4 is 20.5 Å². The highest BCUT2D eigenvalue weighted by atomic mass is 16.7. The maximum absolute atomic E-state index is 6.05. The number of anilines is 1. The number of hydrogen-bond donors (Lipinski definition) is 3. The number of aliphatic imine (C=N–C) groups is 1. The zero-order chi connectivity index (χ0) is 18.7. The number of rotatable bonds is 2. The number of nitrogens with two attached hydrogens (primary N) is 1. The van der Waals surface area contributed by atoms with Gasteiger partial charge in [0.2, 0.25) is 12.7 Å². The third-order valence-corrected chi connectivity index (χ3v) is 4.95. The lowest BCUT2D eigenvalue weighted by atomic mass is 10.1. The maximum atomic E-state index is 6.05. The van der Waals surface area contributed by atoms with Gasteiger partial charge >= 0.3 is 0 Å². The van der Waals surface area contributed by atoms with Crippen LogP contribution in [-0.2, 0) is 0 Å². The van der Waals surface area contributed by atoms with Crippen LogP contribution in [-0.4, -0.2) is 32.5 Å². The first kappa shape index (κ1) is 15.1. The van der Waals surface area contributed by atoms with Crippen molar-refractivity contribution in [1.82, 2.24) is 19.7 Å². The fourth-order valence-corrected chi connectivity index (χ4v) is 3.70. The summed E-state index contributed by atoms with van der Waals surface area (Å²) in [6, 6.07) is 13.7. The minimum absolute atomic E-state index is 0.230. The summed E-state index contributed by atoms with van der Waals surface area (Å²) in [4.78, 5) is 9.27. The minimum atomic E-state index is -0.400. The summed E-state index contributed by atoms with van der Waals surface area (Å²) in [5, 5.41) is 10.4. The molecule has 9 nitrogen and oxygen atoms in total. The second-order valence-corrected chi connectivity index (χ2v) is 6.58. The van der Waals surface area contributed by atoms with Crippen molar-refractivity contribution in [1.29, 1.82) is 0 Å². The number of H-pyrrole nitrogens is 1. The van der Waals surface area contributed by atoms with Gasteiger partial charge in [0.15, 0.2) is 23.6 Å². The number of hydrogen-bond acceptors (Lipinski definition) is 7. The number of aromatic nitrogens is 4. The van der Waals surface area contributed by atoms with Gasteiger partial charge in [-0.1, -0.05) is 12.1 Å². The standard InChI is InChI=1S/C19H15N7O2/c20-18-23-17(26-13-4-2-1-3-12(13)22-19(26)24-18)11-8-21-25-16(11)10-5-6-14-15(7-10)28-9-27-14/h1-8,17H,9H2,(H,21,25)(H3,20,22,23,24). The van der Waals surface area contributed by atoms with Gasteiger partial charge < -0.3 is 15.2 Å². The van der Waals surface area contributed by atoms with Gasteiger partial charge in [0.25, 0.3) is 0 Å². The molecule has 0 amide bonds. The van der Waals surface area contributed by atoms with Gasteiger partial charge in [0, 0.05) is 11.1 Å². The van der Waals surface area contributed by atoms with Crippen molar-refractivity contribution in [2.45, 2.75) is 6.17 Å². The zero-order valence-electron chi connectivity index (χ0n) is 14.6. The molecular formula is C19H15N7O2. The summed E-state index contributed by atoms with van der Waals surface area (Å²) in [7, 11) is 0. The predicted molar refractivity (Wildman–Crippen MR) is 103 cm³/mol. The fourth-order valence-electron chi connectivity index (χ4n) is 3.70. The number of guanidine groups is 1. The van der Waals surface area contributed by atoms with Gasteiger partial charge in [-0.25, -0.2) is 9.98 Å². The lowest BCUT2D eigenvalue weighted by Gasteiger charge is -2.23. The van der Waals surface area contributed by atoms with E-state index >= 15 is 0 Å². The monoisotopic (exact) mass is 373 g/mol. The predicted octanol–water partition coefficient (Wildman–Crippen LogP) is 2.44. The Hall–Kier alpha value is -4.01. The molecular weight excluding hydrogens is 358 g/mol. The summed E-state index contributed by atoms with van der Waals surface area (Å²) >= 11 is 0. The van der Waals surface area contributed by atoms with Crippen LogP contribution in [0.15, 0.2) is 53.7 Å². The molecule has 2 aromatic heterocycles. The molecule has 0 fully saturated rings. The highest BCUT2D eigenvalue weighted by Gasteiger charge is 2.28. The third-order valence-electron chi connectivity index (χ3n) is 4.95. The molecule has 0 radical (unpaired) electrons. The van der Waals surface area contributed by atoms with Crippen molar-refractivity contribution in [3.63, 3.8) is 0 Å². The Morgan fingerprint density at radius 1 is 1.11 bits per heavy atom. The van der Waals surface area contributed by atoms with Gasteiger partial charge in [-0.3, -0.25) is 15.0 Å². The number of imidazole rings is 1. The fraction of sp³-hybridized carbons (Fsp3) is 0.105. The topological polar surface area (TPSA) is 115 Å². The van der Waals surface area contributed by atoms with Crippen LogP contribution in [0.25, 0.3) is 22.3 Å². The maximum Gasteiger partial charge on any atom is 0.231 e. The summed E-state index contributed by atoms with van der Waals surface area (Å²) in [6.07, 6.45) is 1.37. The van der Waals surface area contributed by atoms with Crippen LogP contribution in [0.4, 0.5) is 5.95 Å². The molecule has 0 aliphatic carbocycles. The van der Waals surface area contributed by atoms with Gasteiger partial charge in [0.05, 0.1) is 22.9 Å². The largest absolute Gasteiger partial charge is 0.454 e. The number of nitrogens with zero attached hydrogens (tertiary/aromatic N) is 4. The van der Waals surface area contributed by atoms with E-state index in [9.17, 15) is 0 Å². The highest BCUT2D eigenvalue weighted by molar-refractivity contribution is 5.95. The smallest absolute Gasteiger partial charge is 0.231 e. The Balaban J connectivity index is 1.53. The highest BCUT2D eigenvalue weighted by Crippen LogP contribution is 2.39. The second kappa shape index (κ2) is 5.49. The average molecular weight is 373 g/mol. The molecule has 0 spiro atoms. The van der Waals surface area contributed by atoms with E-state index in [-0.39, 0.29) is 6.79 Å². The van der Waals surface area contributed by atoms with E-state index in [1.165, 1.54) is 0 Å². The number of nitrogens with one attached hydrogen (secondary N) is 2. The molecule has 1 atom stereocenters. The number of aromatic amines is 1. The second-order valence-electron chi connectivity index (χ2n) is 6.58. The normalized spacial score (nSPS) is 17.3. The van der Waals surface area contributed by atoms with E-state index in [0.717, 1.165) is 33.6 Å². The number of fused-ring (bicyclic) bond motifs is 4. The third kappa shape index (κ3) is 2.10. The molecule has 0 bridgehead atoms. The molecule has 138 valence electrons.